The number of amides is 2. The van der Waals surface area contributed by atoms with E-state index in [4.69, 9.17) is 9.52 Å². The Morgan fingerprint density at radius 1 is 1.47 bits per heavy atom. The summed E-state index contributed by atoms with van der Waals surface area (Å²) in [5.41, 5.74) is 0. The first-order valence-corrected chi connectivity index (χ1v) is 6.41. The highest BCUT2D eigenvalue weighted by molar-refractivity contribution is 5.80. The molecule has 19 heavy (non-hydrogen) atoms. The monoisotopic (exact) mass is 266 g/mol. The molecule has 1 aromatic heterocycles. The Hall–Kier alpha value is -1.98. The van der Waals surface area contributed by atoms with E-state index in [1.54, 1.807) is 24.2 Å². The van der Waals surface area contributed by atoms with Crippen molar-refractivity contribution in [2.45, 2.75) is 32.4 Å². The lowest BCUT2D eigenvalue weighted by atomic mass is 10.4. The molecule has 0 saturated heterocycles. The molecule has 1 aliphatic carbocycles. The van der Waals surface area contributed by atoms with Crippen LogP contribution in [0.3, 0.4) is 0 Å². The van der Waals surface area contributed by atoms with Gasteiger partial charge in [0.15, 0.2) is 0 Å². The maximum atomic E-state index is 12.4. The molecule has 0 atom stereocenters. The number of aliphatic carboxylic acids is 1. The molecule has 1 aliphatic rings. The van der Waals surface area contributed by atoms with Gasteiger partial charge in [0.1, 0.15) is 12.3 Å². The zero-order chi connectivity index (χ0) is 13.8. The number of hydrogen-bond donors (Lipinski definition) is 1. The van der Waals surface area contributed by atoms with Gasteiger partial charge in [-0.15, -0.1) is 0 Å². The van der Waals surface area contributed by atoms with Crippen LogP contribution in [0.1, 0.15) is 25.5 Å². The Balaban J connectivity index is 2.05. The summed E-state index contributed by atoms with van der Waals surface area (Å²) in [6.45, 7) is 2.29. The molecule has 1 N–H and O–H groups in total. The average Bonchev–Trinajstić information content (AvgIpc) is 3.09. The fourth-order valence-electron chi connectivity index (χ4n) is 1.97. The minimum atomic E-state index is -0.996. The average molecular weight is 266 g/mol. The van der Waals surface area contributed by atoms with Crippen LogP contribution in [0.5, 0.6) is 0 Å². The molecule has 0 bridgehead atoms. The predicted molar refractivity (Wildman–Crippen MR) is 67.6 cm³/mol. The van der Waals surface area contributed by atoms with Crippen molar-refractivity contribution < 1.29 is 19.1 Å². The number of carbonyl (C=O) groups is 2. The quantitative estimate of drug-likeness (QED) is 0.851. The largest absolute Gasteiger partial charge is 0.480 e. The first-order valence-electron chi connectivity index (χ1n) is 6.41. The number of furan rings is 1. The summed E-state index contributed by atoms with van der Waals surface area (Å²) in [6.07, 6.45) is 3.51. The van der Waals surface area contributed by atoms with Crippen LogP contribution in [0.2, 0.25) is 0 Å². The number of carbonyl (C=O) groups excluding carboxylic acids is 1. The summed E-state index contributed by atoms with van der Waals surface area (Å²) in [4.78, 5) is 26.2. The Morgan fingerprint density at radius 2 is 2.21 bits per heavy atom. The van der Waals surface area contributed by atoms with Crippen LogP contribution in [0, 0.1) is 0 Å². The molecule has 0 radical (unpaired) electrons. The molecule has 6 nitrogen and oxygen atoms in total. The second-order valence-corrected chi connectivity index (χ2v) is 4.63. The molecule has 104 valence electrons. The van der Waals surface area contributed by atoms with Crippen LogP contribution in [0.15, 0.2) is 22.8 Å². The van der Waals surface area contributed by atoms with Gasteiger partial charge in [-0.1, -0.05) is 0 Å². The lowest BCUT2D eigenvalue weighted by Crippen LogP contribution is -2.45. The van der Waals surface area contributed by atoms with Crippen molar-refractivity contribution in [1.29, 1.82) is 0 Å². The third-order valence-corrected chi connectivity index (χ3v) is 3.12. The molecule has 1 fully saturated rings. The SMILES string of the molecule is CCN(CC(=O)O)C(=O)N(Cc1ccco1)C1CC1. The van der Waals surface area contributed by atoms with Crippen LogP contribution in [0.25, 0.3) is 0 Å². The smallest absolute Gasteiger partial charge is 0.323 e. The Morgan fingerprint density at radius 3 is 2.68 bits per heavy atom. The van der Waals surface area contributed by atoms with Crippen molar-refractivity contribution in [3.8, 4) is 0 Å². The van der Waals surface area contributed by atoms with Gasteiger partial charge in [-0.2, -0.15) is 0 Å². The summed E-state index contributed by atoms with van der Waals surface area (Å²) >= 11 is 0. The molecule has 1 saturated carbocycles. The van der Waals surface area contributed by atoms with Gasteiger partial charge in [-0.05, 0) is 31.9 Å². The minimum Gasteiger partial charge on any atom is -0.480 e. The molecule has 6 heteroatoms. The van der Waals surface area contributed by atoms with Crippen LogP contribution in [-0.4, -0.2) is 46.0 Å². The van der Waals surface area contributed by atoms with Gasteiger partial charge in [-0.3, -0.25) is 4.79 Å². The highest BCUT2D eigenvalue weighted by Gasteiger charge is 2.35. The van der Waals surface area contributed by atoms with Crippen molar-refractivity contribution >= 4 is 12.0 Å². The van der Waals surface area contributed by atoms with Gasteiger partial charge in [0.05, 0.1) is 12.8 Å². The first kappa shape index (κ1) is 13.5. The van der Waals surface area contributed by atoms with Gasteiger partial charge in [0, 0.05) is 12.6 Å². The van der Waals surface area contributed by atoms with Gasteiger partial charge < -0.3 is 19.3 Å². The van der Waals surface area contributed by atoms with Crippen molar-refractivity contribution in [3.63, 3.8) is 0 Å². The van der Waals surface area contributed by atoms with Crippen molar-refractivity contribution in [2.24, 2.45) is 0 Å². The molecule has 1 heterocycles. The third kappa shape index (κ3) is 3.49. The summed E-state index contributed by atoms with van der Waals surface area (Å²) in [6, 6.07) is 3.57. The maximum Gasteiger partial charge on any atom is 0.323 e. The fourth-order valence-corrected chi connectivity index (χ4v) is 1.97. The van der Waals surface area contributed by atoms with E-state index >= 15 is 0 Å². The molecule has 0 aliphatic heterocycles. The van der Waals surface area contributed by atoms with Crippen LogP contribution < -0.4 is 0 Å². The number of carboxylic acids is 1. The summed E-state index contributed by atoms with van der Waals surface area (Å²) < 4.78 is 5.26. The Kier molecular flexibility index (Phi) is 4.09. The van der Waals surface area contributed by atoms with Crippen molar-refractivity contribution in [1.82, 2.24) is 9.80 Å². The zero-order valence-corrected chi connectivity index (χ0v) is 10.9. The van der Waals surface area contributed by atoms with E-state index in [2.05, 4.69) is 0 Å². The van der Waals surface area contributed by atoms with E-state index < -0.39 is 5.97 Å². The van der Waals surface area contributed by atoms with Gasteiger partial charge in [-0.25, -0.2) is 4.79 Å². The standard InChI is InChI=1S/C13H18N2O4/c1-2-14(9-12(16)17)13(18)15(10-5-6-10)8-11-4-3-7-19-11/h3-4,7,10H,2,5-6,8-9H2,1H3,(H,16,17). The molecule has 1 aromatic rings. The van der Waals surface area contributed by atoms with E-state index in [0.29, 0.717) is 18.8 Å². The second-order valence-electron chi connectivity index (χ2n) is 4.63. The van der Waals surface area contributed by atoms with Gasteiger partial charge >= 0.3 is 12.0 Å². The number of urea groups is 1. The van der Waals surface area contributed by atoms with E-state index in [1.165, 1.54) is 4.90 Å². The highest BCUT2D eigenvalue weighted by Crippen LogP contribution is 2.29. The first-order chi connectivity index (χ1) is 9.11. The van der Waals surface area contributed by atoms with Crippen LogP contribution in [-0.2, 0) is 11.3 Å². The Labute approximate surface area is 111 Å². The summed E-state index contributed by atoms with van der Waals surface area (Å²) in [5.74, 6) is -0.282. The lowest BCUT2D eigenvalue weighted by Gasteiger charge is -2.28. The van der Waals surface area contributed by atoms with Gasteiger partial charge in [0.25, 0.3) is 0 Å². The van der Waals surface area contributed by atoms with E-state index in [1.807, 2.05) is 6.07 Å². The molecule has 2 rings (SSSR count). The van der Waals surface area contributed by atoms with Gasteiger partial charge in [0.2, 0.25) is 0 Å². The van der Waals surface area contributed by atoms with E-state index in [0.717, 1.165) is 12.8 Å². The van der Waals surface area contributed by atoms with E-state index in [9.17, 15) is 9.59 Å². The number of carboxylic acid groups (broad SMARTS) is 1. The van der Waals surface area contributed by atoms with Crippen molar-refractivity contribution in [2.75, 3.05) is 13.1 Å². The normalized spacial score (nSPS) is 14.2. The molecular weight excluding hydrogens is 248 g/mol. The third-order valence-electron chi connectivity index (χ3n) is 3.12. The molecule has 0 spiro atoms. The summed E-state index contributed by atoms with van der Waals surface area (Å²) in [5, 5.41) is 8.83. The molecule has 2 amide bonds. The highest BCUT2D eigenvalue weighted by atomic mass is 16.4. The number of likely N-dealkylation sites (N-methyl/N-ethyl adjacent to an activating group) is 1. The zero-order valence-electron chi connectivity index (χ0n) is 10.9. The molecule has 0 unspecified atom stereocenters. The minimum absolute atomic E-state index is 0.209. The number of hydrogen-bond acceptors (Lipinski definition) is 3. The molecular formula is C13H18N2O4. The maximum absolute atomic E-state index is 12.4. The molecule has 0 aromatic carbocycles. The lowest BCUT2D eigenvalue weighted by molar-refractivity contribution is -0.137. The van der Waals surface area contributed by atoms with Crippen molar-refractivity contribution in [3.05, 3.63) is 24.2 Å². The van der Waals surface area contributed by atoms with Crippen LogP contribution in [0.4, 0.5) is 4.79 Å². The van der Waals surface area contributed by atoms with E-state index in [-0.39, 0.29) is 18.6 Å². The second kappa shape index (κ2) is 5.77. The number of rotatable bonds is 6. The summed E-state index contributed by atoms with van der Waals surface area (Å²) in [7, 11) is 0. The van der Waals surface area contributed by atoms with Crippen LogP contribution >= 0.6 is 0 Å². The topological polar surface area (TPSA) is 74.0 Å². The number of nitrogens with zero attached hydrogens (tertiary/aromatic N) is 2. The predicted octanol–water partition coefficient (Wildman–Crippen LogP) is 1.77. The Bertz CT molecular complexity index is 440. The fraction of sp³-hybridized carbons (Fsp3) is 0.538.